The Kier molecular flexibility index (Phi) is 7.53. The van der Waals surface area contributed by atoms with Gasteiger partial charge in [0.2, 0.25) is 11.9 Å². The van der Waals surface area contributed by atoms with Gasteiger partial charge in [0.15, 0.2) is 5.96 Å². The van der Waals surface area contributed by atoms with E-state index in [0.717, 1.165) is 27.9 Å². The van der Waals surface area contributed by atoms with Crippen LogP contribution in [-0.2, 0) is 17.9 Å². The first-order chi connectivity index (χ1) is 15.8. The molecule has 10 nitrogen and oxygen atoms in total. The van der Waals surface area contributed by atoms with Gasteiger partial charge in [-0.1, -0.05) is 30.3 Å². The summed E-state index contributed by atoms with van der Waals surface area (Å²) in [5, 5.41) is 5.81. The molecule has 0 fully saturated rings. The Hall–Kier alpha value is -4.47. The maximum atomic E-state index is 11.6. The fourth-order valence-corrected chi connectivity index (χ4v) is 3.00. The van der Waals surface area contributed by atoms with Gasteiger partial charge in [-0.15, -0.1) is 0 Å². The number of hydrogen-bond donors (Lipinski definition) is 4. The molecule has 0 aliphatic heterocycles. The second-order valence-electron chi connectivity index (χ2n) is 7.29. The van der Waals surface area contributed by atoms with Crippen molar-refractivity contribution >= 4 is 29.5 Å². The zero-order chi connectivity index (χ0) is 23.8. The molecule has 1 heterocycles. The number of hydrogen-bond acceptors (Lipinski definition) is 5. The van der Waals surface area contributed by atoms with E-state index in [1.807, 2.05) is 48.5 Å². The van der Waals surface area contributed by atoms with Gasteiger partial charge in [-0.3, -0.25) is 4.79 Å². The largest absolute Gasteiger partial charge is 0.370 e. The van der Waals surface area contributed by atoms with Crippen LogP contribution < -0.4 is 27.0 Å². The van der Waals surface area contributed by atoms with E-state index in [-0.39, 0.29) is 18.4 Å². The lowest BCUT2D eigenvalue weighted by Crippen LogP contribution is -2.28. The number of nitrogens with two attached hydrogens (primary N) is 2. The average Bonchev–Trinajstić information content (AvgIpc) is 2.81. The van der Waals surface area contributed by atoms with E-state index in [0.29, 0.717) is 12.5 Å². The van der Waals surface area contributed by atoms with Gasteiger partial charge < -0.3 is 27.0 Å². The van der Waals surface area contributed by atoms with Crippen molar-refractivity contribution < 1.29 is 9.59 Å². The molecule has 0 saturated carbocycles. The Morgan fingerprint density at radius 3 is 2.30 bits per heavy atom. The zero-order valence-corrected chi connectivity index (χ0v) is 18.4. The van der Waals surface area contributed by atoms with Crippen LogP contribution in [0.5, 0.6) is 0 Å². The number of amides is 3. The Bertz CT molecular complexity index is 1160. The lowest BCUT2D eigenvalue weighted by atomic mass is 10.1. The summed E-state index contributed by atoms with van der Waals surface area (Å²) in [4.78, 5) is 36.9. The molecule has 0 unspecified atom stereocenters. The van der Waals surface area contributed by atoms with Gasteiger partial charge in [-0.05, 0) is 34.9 Å². The molecule has 3 rings (SSSR count). The average molecular weight is 447 g/mol. The molecule has 170 valence electrons. The molecule has 0 bridgehead atoms. The van der Waals surface area contributed by atoms with Crippen LogP contribution in [0.4, 0.5) is 16.4 Å². The van der Waals surface area contributed by atoms with Crippen LogP contribution in [0.3, 0.4) is 0 Å². The molecular weight excluding hydrogens is 420 g/mol. The number of rotatable bonds is 7. The lowest BCUT2D eigenvalue weighted by molar-refractivity contribution is -0.116. The number of anilines is 2. The third-order valence-electron chi connectivity index (χ3n) is 4.81. The minimum absolute atomic E-state index is 0.0285. The summed E-state index contributed by atoms with van der Waals surface area (Å²) in [5.74, 6) is 0.173. The highest BCUT2D eigenvalue weighted by atomic mass is 16.2. The van der Waals surface area contributed by atoms with Gasteiger partial charge in [-0.2, -0.15) is 4.99 Å². The molecule has 2 aromatic carbocycles. The highest BCUT2D eigenvalue weighted by Gasteiger charge is 2.07. The zero-order valence-electron chi connectivity index (χ0n) is 18.4. The number of guanidine groups is 1. The summed E-state index contributed by atoms with van der Waals surface area (Å²) in [6.45, 7) is 2.32. The predicted molar refractivity (Wildman–Crippen MR) is 128 cm³/mol. The van der Waals surface area contributed by atoms with E-state index in [9.17, 15) is 9.59 Å². The van der Waals surface area contributed by atoms with Crippen molar-refractivity contribution in [3.63, 3.8) is 0 Å². The second-order valence-corrected chi connectivity index (χ2v) is 7.29. The van der Waals surface area contributed by atoms with Gasteiger partial charge in [0.25, 0.3) is 0 Å². The minimum atomic E-state index is -0.599. The monoisotopic (exact) mass is 446 g/mol. The van der Waals surface area contributed by atoms with Gasteiger partial charge in [-0.25, -0.2) is 14.8 Å². The number of aromatic nitrogens is 2. The number of aliphatic imine (C=N–C) groups is 1. The summed E-state index contributed by atoms with van der Waals surface area (Å²) in [5.41, 5.74) is 14.8. The van der Waals surface area contributed by atoms with E-state index < -0.39 is 6.03 Å². The number of carbonyl (C=O) groups is 2. The van der Waals surface area contributed by atoms with E-state index in [4.69, 9.17) is 11.5 Å². The topological polar surface area (TPSA) is 152 Å². The molecule has 6 N–H and O–H groups in total. The van der Waals surface area contributed by atoms with Gasteiger partial charge in [0.05, 0.1) is 0 Å². The summed E-state index contributed by atoms with van der Waals surface area (Å²) in [7, 11) is 1.74. The van der Waals surface area contributed by atoms with Crippen molar-refractivity contribution in [3.05, 3.63) is 72.1 Å². The molecule has 1 aromatic heterocycles. The van der Waals surface area contributed by atoms with Gasteiger partial charge >= 0.3 is 6.03 Å². The Morgan fingerprint density at radius 2 is 1.64 bits per heavy atom. The first kappa shape index (κ1) is 23.2. The number of benzene rings is 2. The van der Waals surface area contributed by atoms with Crippen LogP contribution in [0.1, 0.15) is 18.1 Å². The quantitative estimate of drug-likeness (QED) is 0.321. The molecule has 0 spiro atoms. The van der Waals surface area contributed by atoms with Crippen LogP contribution in [-0.4, -0.2) is 34.9 Å². The molecule has 33 heavy (non-hydrogen) atoms. The highest BCUT2D eigenvalue weighted by Crippen LogP contribution is 2.20. The SMILES string of the molecule is CC(=O)N(C)c1cccc(CNc2ncc(-c3cccc(CNC(=O)N=C(N)N)c3)cn2)c1. The smallest absolute Gasteiger partial charge is 0.344 e. The summed E-state index contributed by atoms with van der Waals surface area (Å²) >= 11 is 0. The minimum Gasteiger partial charge on any atom is -0.370 e. The first-order valence-electron chi connectivity index (χ1n) is 10.2. The van der Waals surface area contributed by atoms with Crippen LogP contribution in [0.15, 0.2) is 65.9 Å². The summed E-state index contributed by atoms with van der Waals surface area (Å²) < 4.78 is 0. The van der Waals surface area contributed by atoms with Crippen molar-refractivity contribution in [1.82, 2.24) is 15.3 Å². The normalized spacial score (nSPS) is 10.2. The van der Waals surface area contributed by atoms with E-state index >= 15 is 0 Å². The molecule has 3 amide bonds. The standard InChI is InChI=1S/C23H26N8O2/c1-15(32)31(2)20-8-4-6-17(10-20)11-26-22-27-13-19(14-28-22)18-7-3-5-16(9-18)12-29-23(33)30-21(24)25/h3-10,13-14H,11-12H2,1-2H3,(H,26,27,28)(H5,24,25,29,30,33). The van der Waals surface area contributed by atoms with Crippen LogP contribution >= 0.6 is 0 Å². The first-order valence-corrected chi connectivity index (χ1v) is 10.2. The predicted octanol–water partition coefficient (Wildman–Crippen LogP) is 2.22. The number of nitrogens with zero attached hydrogens (tertiary/aromatic N) is 4. The highest BCUT2D eigenvalue weighted by molar-refractivity contribution is 5.91. The third-order valence-corrected chi connectivity index (χ3v) is 4.81. The molecule has 0 aliphatic rings. The van der Waals surface area contributed by atoms with Gasteiger partial charge in [0.1, 0.15) is 0 Å². The van der Waals surface area contributed by atoms with Gasteiger partial charge in [0, 0.05) is 50.7 Å². The van der Waals surface area contributed by atoms with Crippen molar-refractivity contribution in [1.29, 1.82) is 0 Å². The van der Waals surface area contributed by atoms with Crippen LogP contribution in [0, 0.1) is 0 Å². The Balaban J connectivity index is 1.62. The van der Waals surface area contributed by atoms with Crippen molar-refractivity contribution in [3.8, 4) is 11.1 Å². The maximum absolute atomic E-state index is 11.6. The van der Waals surface area contributed by atoms with Crippen molar-refractivity contribution in [2.45, 2.75) is 20.0 Å². The molecule has 0 saturated heterocycles. The maximum Gasteiger partial charge on any atom is 0.344 e. The summed E-state index contributed by atoms with van der Waals surface area (Å²) in [6.07, 6.45) is 3.46. The van der Waals surface area contributed by atoms with Crippen LogP contribution in [0.2, 0.25) is 0 Å². The molecule has 0 atom stereocenters. The molecular formula is C23H26N8O2. The van der Waals surface area contributed by atoms with Crippen LogP contribution in [0.25, 0.3) is 11.1 Å². The van der Waals surface area contributed by atoms with E-state index in [1.54, 1.807) is 24.3 Å². The fraction of sp³-hybridized carbons (Fsp3) is 0.174. The van der Waals surface area contributed by atoms with E-state index in [1.165, 1.54) is 6.92 Å². The molecule has 0 aliphatic carbocycles. The van der Waals surface area contributed by atoms with E-state index in [2.05, 4.69) is 25.6 Å². The Morgan fingerprint density at radius 1 is 0.970 bits per heavy atom. The second kappa shape index (κ2) is 10.7. The molecule has 10 heteroatoms. The number of nitrogens with one attached hydrogen (secondary N) is 2. The van der Waals surface area contributed by atoms with Crippen molar-refractivity contribution in [2.75, 3.05) is 17.3 Å². The molecule has 0 radical (unpaired) electrons. The van der Waals surface area contributed by atoms with Crippen molar-refractivity contribution in [2.24, 2.45) is 16.5 Å². The summed E-state index contributed by atoms with van der Waals surface area (Å²) in [6, 6.07) is 14.7. The third kappa shape index (κ3) is 6.76. The Labute approximate surface area is 191 Å². The fourth-order valence-electron chi connectivity index (χ4n) is 3.00. The lowest BCUT2D eigenvalue weighted by Gasteiger charge is -2.16. The number of urea groups is 1. The molecule has 3 aromatic rings. The number of carbonyl (C=O) groups excluding carboxylic acids is 2.